The molecule has 0 aliphatic carbocycles. The van der Waals surface area contributed by atoms with Gasteiger partial charge in [-0.2, -0.15) is 0 Å². The smallest absolute Gasteiger partial charge is 0.245 e. The molecule has 2 heterocycles. The molecule has 5 aromatic rings. The minimum atomic E-state index is -2.68. The first-order valence-corrected chi connectivity index (χ1v) is 10.8. The Morgan fingerprint density at radius 1 is 0.875 bits per heavy atom. The summed E-state index contributed by atoms with van der Waals surface area (Å²) in [6.45, 7) is 3.06. The first-order chi connectivity index (χ1) is 15.4. The van der Waals surface area contributed by atoms with Crippen molar-refractivity contribution in [3.05, 3.63) is 89.0 Å². The number of hydrogen-bond acceptors (Lipinski definition) is 2. The summed E-state index contributed by atoms with van der Waals surface area (Å²) < 4.78 is 33.3. The molecule has 4 aromatic carbocycles. The van der Waals surface area contributed by atoms with Crippen LogP contribution in [0.5, 0.6) is 0 Å². The monoisotopic (exact) mass is 425 g/mol. The van der Waals surface area contributed by atoms with E-state index in [0.717, 1.165) is 73.3 Å². The zero-order valence-electron chi connectivity index (χ0n) is 17.9. The lowest BCUT2D eigenvalue weighted by atomic mass is 9.92. The number of aryl methyl sites for hydroxylation is 2. The zero-order chi connectivity index (χ0) is 22.0. The van der Waals surface area contributed by atoms with Crippen molar-refractivity contribution in [3.63, 3.8) is 0 Å². The van der Waals surface area contributed by atoms with Gasteiger partial charge in [0.15, 0.2) is 0 Å². The van der Waals surface area contributed by atoms with Gasteiger partial charge in [-0.05, 0) is 61.0 Å². The van der Waals surface area contributed by atoms with Gasteiger partial charge in [-0.3, -0.25) is 0 Å². The van der Waals surface area contributed by atoms with Crippen molar-refractivity contribution in [2.75, 3.05) is 0 Å². The molecule has 0 atom stereocenters. The number of aliphatic imine (C=N–C) groups is 1. The third-order valence-electron chi connectivity index (χ3n) is 6.31. The van der Waals surface area contributed by atoms with Crippen molar-refractivity contribution in [2.24, 2.45) is 4.99 Å². The van der Waals surface area contributed by atoms with Crippen molar-refractivity contribution in [1.82, 2.24) is 0 Å². The van der Waals surface area contributed by atoms with E-state index in [1.807, 2.05) is 48.5 Å². The van der Waals surface area contributed by atoms with Crippen LogP contribution in [-0.2, 0) is 6.42 Å². The van der Waals surface area contributed by atoms with Crippen LogP contribution in [0.25, 0.3) is 32.7 Å². The van der Waals surface area contributed by atoms with Crippen LogP contribution in [0.3, 0.4) is 0 Å². The van der Waals surface area contributed by atoms with Crippen LogP contribution < -0.4 is 0 Å². The van der Waals surface area contributed by atoms with E-state index >= 15 is 0 Å². The Morgan fingerprint density at radius 2 is 1.69 bits per heavy atom. The summed E-state index contributed by atoms with van der Waals surface area (Å²) in [6.07, 6.45) is 0.161. The van der Waals surface area contributed by atoms with Gasteiger partial charge in [0.1, 0.15) is 11.2 Å². The lowest BCUT2D eigenvalue weighted by molar-refractivity contribution is 0.0134. The van der Waals surface area contributed by atoms with Gasteiger partial charge in [-0.1, -0.05) is 42.5 Å². The molecule has 1 aliphatic heterocycles. The van der Waals surface area contributed by atoms with E-state index in [2.05, 4.69) is 25.1 Å². The van der Waals surface area contributed by atoms with Gasteiger partial charge < -0.3 is 4.42 Å². The second kappa shape index (κ2) is 6.73. The standard InChI is InChI=1S/C28H21F2NO/c1-16-14-21-19-6-3-4-9-24(19)32-27(21)22(15-16)26-20-11-10-17(12-13-28(2,29)30)18-7-5-8-23(31-26)25(18)20/h3-11,14-15H,12-13H2,1-2H3. The fraction of sp³-hybridized carbons (Fsp3) is 0.179. The molecule has 32 heavy (non-hydrogen) atoms. The van der Waals surface area contributed by atoms with Crippen molar-refractivity contribution < 1.29 is 13.2 Å². The molecule has 0 saturated heterocycles. The topological polar surface area (TPSA) is 25.5 Å². The lowest BCUT2D eigenvalue weighted by Crippen LogP contribution is -2.11. The van der Waals surface area contributed by atoms with Gasteiger partial charge in [-0.25, -0.2) is 13.8 Å². The summed E-state index contributed by atoms with van der Waals surface area (Å²) in [5.41, 5.74) is 7.48. The average Bonchev–Trinajstić information content (AvgIpc) is 3.32. The van der Waals surface area contributed by atoms with Gasteiger partial charge in [0, 0.05) is 33.7 Å². The third-order valence-corrected chi connectivity index (χ3v) is 6.31. The Morgan fingerprint density at radius 3 is 2.53 bits per heavy atom. The molecule has 0 bridgehead atoms. The van der Waals surface area contributed by atoms with E-state index in [1.54, 1.807) is 0 Å². The number of nitrogens with zero attached hydrogens (tertiary/aromatic N) is 1. The predicted octanol–water partition coefficient (Wildman–Crippen LogP) is 8.12. The van der Waals surface area contributed by atoms with E-state index in [-0.39, 0.29) is 6.42 Å². The number of para-hydroxylation sites is 1. The predicted molar refractivity (Wildman–Crippen MR) is 127 cm³/mol. The minimum absolute atomic E-state index is 0.170. The molecular formula is C28H21F2NO. The number of benzene rings is 4. The fourth-order valence-corrected chi connectivity index (χ4v) is 4.84. The number of alkyl halides is 2. The second-order valence-electron chi connectivity index (χ2n) is 8.79. The van der Waals surface area contributed by atoms with Crippen molar-refractivity contribution >= 4 is 44.1 Å². The Hall–Kier alpha value is -3.53. The van der Waals surface area contributed by atoms with Crippen LogP contribution in [0.4, 0.5) is 14.5 Å². The maximum absolute atomic E-state index is 13.5. The van der Waals surface area contributed by atoms with Crippen LogP contribution in [0.2, 0.25) is 0 Å². The molecule has 0 spiro atoms. The number of fused-ring (bicyclic) bond motifs is 3. The summed E-state index contributed by atoms with van der Waals surface area (Å²) >= 11 is 0. The Bertz CT molecular complexity index is 1570. The van der Waals surface area contributed by atoms with Gasteiger partial charge in [0.25, 0.3) is 0 Å². The SMILES string of the molecule is Cc1cc(C2=Nc3cccc4c(CCC(C)(F)F)ccc2c34)c2oc3ccccc3c2c1. The highest BCUT2D eigenvalue weighted by atomic mass is 19.3. The molecule has 0 amide bonds. The highest BCUT2D eigenvalue weighted by Crippen LogP contribution is 2.41. The Labute approximate surface area is 184 Å². The molecule has 0 N–H and O–H groups in total. The molecule has 1 aromatic heterocycles. The second-order valence-corrected chi connectivity index (χ2v) is 8.79. The molecular weight excluding hydrogens is 404 g/mol. The maximum Gasteiger partial charge on any atom is 0.245 e. The quantitative estimate of drug-likeness (QED) is 0.280. The Balaban J connectivity index is 1.55. The Kier molecular flexibility index (Phi) is 4.03. The van der Waals surface area contributed by atoms with Gasteiger partial charge in [0.2, 0.25) is 5.92 Å². The number of rotatable bonds is 4. The summed E-state index contributed by atoms with van der Waals surface area (Å²) in [6, 6.07) is 22.3. The normalized spacial score (nSPS) is 13.4. The van der Waals surface area contributed by atoms with Crippen molar-refractivity contribution in [2.45, 2.75) is 32.6 Å². The van der Waals surface area contributed by atoms with Crippen LogP contribution in [0.15, 0.2) is 76.1 Å². The molecule has 1 aliphatic rings. The molecule has 2 nitrogen and oxygen atoms in total. The summed E-state index contributed by atoms with van der Waals surface area (Å²) in [5, 5.41) is 4.19. The van der Waals surface area contributed by atoms with E-state index in [1.165, 1.54) is 0 Å². The van der Waals surface area contributed by atoms with Crippen molar-refractivity contribution in [1.29, 1.82) is 0 Å². The first-order valence-electron chi connectivity index (χ1n) is 10.8. The van der Waals surface area contributed by atoms with E-state index in [4.69, 9.17) is 9.41 Å². The minimum Gasteiger partial charge on any atom is -0.455 e. The number of hydrogen-bond donors (Lipinski definition) is 0. The summed E-state index contributed by atoms with van der Waals surface area (Å²) in [7, 11) is 0. The molecule has 0 unspecified atom stereocenters. The van der Waals surface area contributed by atoms with Crippen LogP contribution in [-0.4, -0.2) is 11.6 Å². The van der Waals surface area contributed by atoms with E-state index in [0.29, 0.717) is 6.42 Å². The highest BCUT2D eigenvalue weighted by molar-refractivity contribution is 6.30. The summed E-state index contributed by atoms with van der Waals surface area (Å²) in [4.78, 5) is 4.99. The van der Waals surface area contributed by atoms with E-state index in [9.17, 15) is 8.78 Å². The molecule has 0 saturated carbocycles. The van der Waals surface area contributed by atoms with Crippen LogP contribution in [0.1, 0.15) is 35.6 Å². The number of halogens is 2. The third kappa shape index (κ3) is 2.94. The average molecular weight is 425 g/mol. The maximum atomic E-state index is 13.5. The summed E-state index contributed by atoms with van der Waals surface area (Å²) in [5.74, 6) is -2.68. The van der Waals surface area contributed by atoms with Crippen LogP contribution >= 0.6 is 0 Å². The fourth-order valence-electron chi connectivity index (χ4n) is 4.84. The largest absolute Gasteiger partial charge is 0.455 e. The van der Waals surface area contributed by atoms with Gasteiger partial charge in [-0.15, -0.1) is 0 Å². The molecule has 6 rings (SSSR count). The number of furan rings is 1. The molecule has 4 heteroatoms. The highest BCUT2D eigenvalue weighted by Gasteiger charge is 2.26. The van der Waals surface area contributed by atoms with Gasteiger partial charge >= 0.3 is 0 Å². The first kappa shape index (κ1) is 19.2. The zero-order valence-corrected chi connectivity index (χ0v) is 17.9. The van der Waals surface area contributed by atoms with Crippen LogP contribution in [0, 0.1) is 6.92 Å². The molecule has 0 fully saturated rings. The molecule has 158 valence electrons. The lowest BCUT2D eigenvalue weighted by Gasteiger charge is -2.13. The molecule has 0 radical (unpaired) electrons. The van der Waals surface area contributed by atoms with Gasteiger partial charge in [0.05, 0.1) is 11.4 Å². The van der Waals surface area contributed by atoms with E-state index < -0.39 is 5.92 Å². The van der Waals surface area contributed by atoms with Crippen molar-refractivity contribution in [3.8, 4) is 0 Å².